The molecule has 47 heavy (non-hydrogen) atoms. The second-order valence-corrected chi connectivity index (χ2v) is 11.9. The molecule has 1 heterocycles. The Morgan fingerprint density at radius 3 is 1.96 bits per heavy atom. The van der Waals surface area contributed by atoms with Crippen LogP contribution >= 0.6 is 0 Å². The molecule has 6 atom stereocenters. The fourth-order valence-electron chi connectivity index (χ4n) is 4.81. The number of aliphatic carboxylic acids is 2. The van der Waals surface area contributed by atoms with E-state index in [1.54, 1.807) is 27.7 Å². The van der Waals surface area contributed by atoms with Gasteiger partial charge in [0.15, 0.2) is 5.96 Å². The average Bonchev–Trinajstić information content (AvgIpc) is 3.47. The third kappa shape index (κ3) is 13.0. The van der Waals surface area contributed by atoms with Gasteiger partial charge in [-0.1, -0.05) is 27.7 Å². The Morgan fingerprint density at radius 2 is 1.45 bits per heavy atom. The van der Waals surface area contributed by atoms with Crippen LogP contribution in [0, 0.1) is 11.8 Å². The van der Waals surface area contributed by atoms with E-state index in [4.69, 9.17) is 22.3 Å². The Balaban J connectivity index is 3.12. The number of carbonyl (C=O) groups is 7. The number of rotatable bonds is 19. The predicted octanol–water partition coefficient (Wildman–Crippen LogP) is -3.84. The first kappa shape index (κ1) is 40.5. The van der Waals surface area contributed by atoms with E-state index in [9.17, 15) is 43.8 Å². The number of carboxylic acids is 2. The van der Waals surface area contributed by atoms with Crippen LogP contribution in [-0.4, -0.2) is 124 Å². The summed E-state index contributed by atoms with van der Waals surface area (Å²) < 4.78 is 0. The molecule has 1 rings (SSSR count). The van der Waals surface area contributed by atoms with Crippen LogP contribution in [0.4, 0.5) is 0 Å². The lowest BCUT2D eigenvalue weighted by Gasteiger charge is -2.32. The van der Waals surface area contributed by atoms with Crippen molar-refractivity contribution in [3.63, 3.8) is 0 Å². The SMILES string of the molecule is CC(C)C(NC(=O)C1CCCN1C(=O)C(NC(=O)C(N)CC(=O)O)C(C)C)C(=O)NC(CCCN=C(N)N)C(=O)NC(CO)C(=O)O. The van der Waals surface area contributed by atoms with E-state index < -0.39 is 103 Å². The molecule has 0 spiro atoms. The topological polar surface area (TPSA) is 322 Å². The molecule has 0 aromatic rings. The summed E-state index contributed by atoms with van der Waals surface area (Å²) in [7, 11) is 0. The van der Waals surface area contributed by atoms with Gasteiger partial charge in [0.1, 0.15) is 30.2 Å². The minimum Gasteiger partial charge on any atom is -0.481 e. The molecule has 0 radical (unpaired) electrons. The van der Waals surface area contributed by atoms with E-state index >= 15 is 0 Å². The summed E-state index contributed by atoms with van der Waals surface area (Å²) in [6, 6.07) is -7.58. The first-order valence-corrected chi connectivity index (χ1v) is 15.3. The number of hydrogen-bond donors (Lipinski definition) is 10. The van der Waals surface area contributed by atoms with Crippen LogP contribution in [0.2, 0.25) is 0 Å². The standard InChI is InChI=1S/C28H49N9O10/c1-13(2)20(25(44)33-16(7-5-9-32-28(30)31)23(42)34-17(12-38)27(46)47)35-24(43)18-8-6-10-37(18)26(45)21(14(3)4)36-22(41)15(29)11-19(39)40/h13-18,20-21,38H,5-12,29H2,1-4H3,(H,33,44)(H,34,42)(H,35,43)(H,36,41)(H,39,40)(H,46,47)(H4,30,31,32). The second kappa shape index (κ2) is 19.2. The summed E-state index contributed by atoms with van der Waals surface area (Å²) in [6.45, 7) is 6.01. The number of amides is 5. The normalized spacial score (nSPS) is 17.5. The number of carbonyl (C=O) groups excluding carboxylic acids is 5. The first-order chi connectivity index (χ1) is 21.9. The number of nitrogens with zero attached hydrogens (tertiary/aromatic N) is 2. The van der Waals surface area contributed by atoms with Crippen LogP contribution in [-0.2, 0) is 33.6 Å². The zero-order valence-electron chi connectivity index (χ0n) is 27.1. The van der Waals surface area contributed by atoms with Crippen molar-refractivity contribution >= 4 is 47.4 Å². The Bertz CT molecular complexity index is 1180. The molecule has 6 unspecified atom stereocenters. The first-order valence-electron chi connectivity index (χ1n) is 15.3. The van der Waals surface area contributed by atoms with Gasteiger partial charge in [-0.25, -0.2) is 4.79 Å². The van der Waals surface area contributed by atoms with E-state index in [1.807, 2.05) is 0 Å². The largest absolute Gasteiger partial charge is 0.481 e. The molecular formula is C28H49N9O10. The lowest BCUT2D eigenvalue weighted by atomic mass is 10.00. The van der Waals surface area contributed by atoms with Crippen LogP contribution in [0.5, 0.6) is 0 Å². The van der Waals surface area contributed by atoms with Crippen molar-refractivity contribution in [1.82, 2.24) is 26.2 Å². The zero-order chi connectivity index (χ0) is 36.0. The second-order valence-electron chi connectivity index (χ2n) is 11.9. The van der Waals surface area contributed by atoms with Crippen molar-refractivity contribution in [1.29, 1.82) is 0 Å². The highest BCUT2D eigenvalue weighted by Gasteiger charge is 2.41. The molecule has 0 aromatic heterocycles. The average molecular weight is 672 g/mol. The summed E-state index contributed by atoms with van der Waals surface area (Å²) >= 11 is 0. The van der Waals surface area contributed by atoms with E-state index in [1.165, 1.54) is 4.90 Å². The molecule has 0 aliphatic carbocycles. The minimum atomic E-state index is -1.63. The number of aliphatic hydroxyl groups excluding tert-OH is 1. The van der Waals surface area contributed by atoms with Crippen molar-refractivity contribution in [2.75, 3.05) is 19.7 Å². The monoisotopic (exact) mass is 671 g/mol. The molecule has 1 fully saturated rings. The van der Waals surface area contributed by atoms with Crippen molar-refractivity contribution < 1.29 is 48.9 Å². The molecule has 0 bridgehead atoms. The van der Waals surface area contributed by atoms with E-state index in [0.717, 1.165) is 0 Å². The fraction of sp³-hybridized carbons (Fsp3) is 0.714. The third-order valence-electron chi connectivity index (χ3n) is 7.42. The van der Waals surface area contributed by atoms with Crippen molar-refractivity contribution in [3.8, 4) is 0 Å². The van der Waals surface area contributed by atoms with Crippen molar-refractivity contribution in [2.24, 2.45) is 34.0 Å². The van der Waals surface area contributed by atoms with Gasteiger partial charge in [-0.05, 0) is 37.5 Å². The van der Waals surface area contributed by atoms with Gasteiger partial charge in [0.25, 0.3) is 0 Å². The molecule has 1 aliphatic rings. The molecule has 19 heteroatoms. The molecule has 0 aromatic carbocycles. The molecule has 1 aliphatic heterocycles. The van der Waals surface area contributed by atoms with E-state index in [2.05, 4.69) is 26.3 Å². The van der Waals surface area contributed by atoms with Gasteiger partial charge >= 0.3 is 11.9 Å². The summed E-state index contributed by atoms with van der Waals surface area (Å²) in [6.07, 6.45) is 0.259. The van der Waals surface area contributed by atoms with Crippen LogP contribution in [0.1, 0.15) is 59.8 Å². The number of hydrogen-bond acceptors (Lipinski definition) is 10. The zero-order valence-corrected chi connectivity index (χ0v) is 27.1. The van der Waals surface area contributed by atoms with Gasteiger partial charge in [0, 0.05) is 13.1 Å². The quantitative estimate of drug-likeness (QED) is 0.0358. The minimum absolute atomic E-state index is 0.0196. The lowest BCUT2D eigenvalue weighted by molar-refractivity contribution is -0.144. The Morgan fingerprint density at radius 1 is 0.851 bits per heavy atom. The number of guanidine groups is 1. The highest BCUT2D eigenvalue weighted by molar-refractivity contribution is 5.97. The van der Waals surface area contributed by atoms with Gasteiger partial charge in [-0.15, -0.1) is 0 Å². The highest BCUT2D eigenvalue weighted by Crippen LogP contribution is 2.21. The molecule has 5 amide bonds. The number of aliphatic imine (C=N–C) groups is 1. The van der Waals surface area contributed by atoms with Crippen LogP contribution in [0.25, 0.3) is 0 Å². The summed E-state index contributed by atoms with van der Waals surface area (Å²) in [5.41, 5.74) is 16.3. The molecule has 0 saturated carbocycles. The van der Waals surface area contributed by atoms with Crippen LogP contribution in [0.3, 0.4) is 0 Å². The third-order valence-corrected chi connectivity index (χ3v) is 7.42. The number of likely N-dealkylation sites (tertiary alicyclic amines) is 1. The predicted molar refractivity (Wildman–Crippen MR) is 167 cm³/mol. The van der Waals surface area contributed by atoms with Gasteiger partial charge in [0.05, 0.1) is 19.1 Å². The van der Waals surface area contributed by atoms with Crippen molar-refractivity contribution in [2.45, 2.75) is 96.1 Å². The molecule has 266 valence electrons. The maximum absolute atomic E-state index is 13.6. The van der Waals surface area contributed by atoms with Crippen molar-refractivity contribution in [3.05, 3.63) is 0 Å². The van der Waals surface area contributed by atoms with E-state index in [0.29, 0.717) is 6.42 Å². The summed E-state index contributed by atoms with van der Waals surface area (Å²) in [5, 5.41) is 37.3. The number of nitrogens with one attached hydrogen (secondary N) is 4. The Kier molecular flexibility index (Phi) is 16.6. The maximum Gasteiger partial charge on any atom is 0.328 e. The fourth-order valence-corrected chi connectivity index (χ4v) is 4.81. The van der Waals surface area contributed by atoms with Gasteiger partial charge in [0.2, 0.25) is 29.5 Å². The van der Waals surface area contributed by atoms with Crippen LogP contribution < -0.4 is 38.5 Å². The maximum atomic E-state index is 13.6. The van der Waals surface area contributed by atoms with Gasteiger partial charge < -0.3 is 58.7 Å². The number of carboxylic acid groups (broad SMARTS) is 2. The Hall–Kier alpha value is -4.52. The van der Waals surface area contributed by atoms with Gasteiger partial charge in [-0.2, -0.15) is 0 Å². The smallest absolute Gasteiger partial charge is 0.328 e. The molecule has 1 saturated heterocycles. The molecule has 19 nitrogen and oxygen atoms in total. The van der Waals surface area contributed by atoms with Crippen LogP contribution in [0.15, 0.2) is 4.99 Å². The summed E-state index contributed by atoms with van der Waals surface area (Å²) in [5.74, 6) is -7.62. The summed E-state index contributed by atoms with van der Waals surface area (Å²) in [4.78, 5) is 93.3. The molecular weight excluding hydrogens is 622 g/mol. The lowest BCUT2D eigenvalue weighted by Crippen LogP contribution is -2.60. The number of nitrogens with two attached hydrogens (primary N) is 3. The van der Waals surface area contributed by atoms with E-state index in [-0.39, 0.29) is 38.3 Å². The Labute approximate surface area is 272 Å². The highest BCUT2D eigenvalue weighted by atomic mass is 16.4. The molecule has 13 N–H and O–H groups in total. The van der Waals surface area contributed by atoms with Gasteiger partial charge in [-0.3, -0.25) is 33.8 Å². The number of aliphatic hydroxyl groups is 1.